The minimum Gasteiger partial charge on any atom is -0.330 e. The lowest BCUT2D eigenvalue weighted by atomic mass is 10.4. The Balaban J connectivity index is 3.28. The molecule has 0 aliphatic rings. The van der Waals surface area contributed by atoms with E-state index < -0.39 is 10.0 Å². The standard InChI is InChI=1S/C13H26N4O2S/c1-6-17(10(2)3)20(18,19)13-11(4)15-16(12(13)5)9-7-8-14/h10H,6-9,14H2,1-5H3. The van der Waals surface area contributed by atoms with Gasteiger partial charge in [-0.1, -0.05) is 6.92 Å². The molecule has 0 saturated heterocycles. The lowest BCUT2D eigenvalue weighted by molar-refractivity contribution is 0.368. The summed E-state index contributed by atoms with van der Waals surface area (Å²) < 4.78 is 28.8. The zero-order valence-corrected chi connectivity index (χ0v) is 13.9. The van der Waals surface area contributed by atoms with Crippen molar-refractivity contribution in [2.45, 2.75) is 58.5 Å². The smallest absolute Gasteiger partial charge is 0.246 e. The first-order valence-electron chi connectivity index (χ1n) is 7.03. The van der Waals surface area contributed by atoms with E-state index in [2.05, 4.69) is 5.10 Å². The molecule has 0 fully saturated rings. The highest BCUT2D eigenvalue weighted by atomic mass is 32.2. The van der Waals surface area contributed by atoms with Crippen molar-refractivity contribution in [1.82, 2.24) is 14.1 Å². The molecule has 116 valence electrons. The minimum atomic E-state index is -3.50. The molecular formula is C13H26N4O2S. The first-order chi connectivity index (χ1) is 9.27. The van der Waals surface area contributed by atoms with E-state index in [-0.39, 0.29) is 6.04 Å². The first-order valence-corrected chi connectivity index (χ1v) is 8.47. The van der Waals surface area contributed by atoms with E-state index >= 15 is 0 Å². The third-order valence-corrected chi connectivity index (χ3v) is 5.75. The number of aromatic nitrogens is 2. The number of aryl methyl sites for hydroxylation is 2. The fourth-order valence-corrected chi connectivity index (χ4v) is 4.46. The number of nitrogens with zero attached hydrogens (tertiary/aromatic N) is 3. The largest absolute Gasteiger partial charge is 0.330 e. The lowest BCUT2D eigenvalue weighted by Crippen LogP contribution is -2.37. The number of rotatable bonds is 7. The summed E-state index contributed by atoms with van der Waals surface area (Å²) in [6.45, 7) is 10.8. The van der Waals surface area contributed by atoms with Gasteiger partial charge in [0.2, 0.25) is 10.0 Å². The molecule has 1 aromatic rings. The molecular weight excluding hydrogens is 276 g/mol. The molecule has 0 atom stereocenters. The maximum atomic E-state index is 12.8. The van der Waals surface area contributed by atoms with Crippen LogP contribution in [-0.2, 0) is 16.6 Å². The monoisotopic (exact) mass is 302 g/mol. The second-order valence-corrected chi connectivity index (χ2v) is 6.99. The predicted octanol–water partition coefficient (Wildman–Crippen LogP) is 1.27. The van der Waals surface area contributed by atoms with Gasteiger partial charge in [-0.05, 0) is 40.7 Å². The van der Waals surface area contributed by atoms with Crippen molar-refractivity contribution < 1.29 is 8.42 Å². The van der Waals surface area contributed by atoms with Crippen LogP contribution in [0.1, 0.15) is 38.6 Å². The van der Waals surface area contributed by atoms with Crippen molar-refractivity contribution in [2.24, 2.45) is 5.73 Å². The average Bonchev–Trinajstić information content (AvgIpc) is 2.61. The Kier molecular flexibility index (Phi) is 5.73. The van der Waals surface area contributed by atoms with Gasteiger partial charge in [-0.25, -0.2) is 8.42 Å². The van der Waals surface area contributed by atoms with Crippen LogP contribution in [-0.4, -0.2) is 41.6 Å². The topological polar surface area (TPSA) is 81.2 Å². The van der Waals surface area contributed by atoms with Crippen molar-refractivity contribution in [1.29, 1.82) is 0 Å². The average molecular weight is 302 g/mol. The van der Waals surface area contributed by atoms with Gasteiger partial charge in [-0.2, -0.15) is 9.40 Å². The van der Waals surface area contributed by atoms with Gasteiger partial charge in [-0.3, -0.25) is 4.68 Å². The summed E-state index contributed by atoms with van der Waals surface area (Å²) in [5.41, 5.74) is 6.74. The van der Waals surface area contributed by atoms with Crippen molar-refractivity contribution in [3.63, 3.8) is 0 Å². The number of hydrogen-bond acceptors (Lipinski definition) is 4. The summed E-state index contributed by atoms with van der Waals surface area (Å²) in [7, 11) is -3.50. The molecule has 1 rings (SSSR count). The molecule has 20 heavy (non-hydrogen) atoms. The lowest BCUT2D eigenvalue weighted by Gasteiger charge is -2.24. The Bertz CT molecular complexity index is 549. The summed E-state index contributed by atoms with van der Waals surface area (Å²) in [5, 5.41) is 4.35. The van der Waals surface area contributed by atoms with E-state index in [9.17, 15) is 8.42 Å². The molecule has 2 N–H and O–H groups in total. The molecule has 7 heteroatoms. The fraction of sp³-hybridized carbons (Fsp3) is 0.769. The Hall–Kier alpha value is -0.920. The van der Waals surface area contributed by atoms with Crippen LogP contribution in [0.15, 0.2) is 4.90 Å². The molecule has 0 spiro atoms. The van der Waals surface area contributed by atoms with Crippen molar-refractivity contribution in [3.8, 4) is 0 Å². The van der Waals surface area contributed by atoms with Gasteiger partial charge in [0.25, 0.3) is 0 Å². The number of sulfonamides is 1. The highest BCUT2D eigenvalue weighted by Crippen LogP contribution is 2.24. The fourth-order valence-electron chi connectivity index (χ4n) is 2.44. The van der Waals surface area contributed by atoms with Gasteiger partial charge < -0.3 is 5.73 Å². The van der Waals surface area contributed by atoms with Crippen LogP contribution in [0.25, 0.3) is 0 Å². The predicted molar refractivity (Wildman–Crippen MR) is 80.1 cm³/mol. The van der Waals surface area contributed by atoms with Crippen LogP contribution in [0, 0.1) is 13.8 Å². The van der Waals surface area contributed by atoms with Gasteiger partial charge in [0.15, 0.2) is 0 Å². The molecule has 0 unspecified atom stereocenters. The van der Waals surface area contributed by atoms with Crippen molar-refractivity contribution in [3.05, 3.63) is 11.4 Å². The van der Waals surface area contributed by atoms with Crippen LogP contribution < -0.4 is 5.73 Å². The van der Waals surface area contributed by atoms with Crippen molar-refractivity contribution in [2.75, 3.05) is 13.1 Å². The summed E-state index contributed by atoms with van der Waals surface area (Å²) in [5.74, 6) is 0. The van der Waals surface area contributed by atoms with Crippen molar-refractivity contribution >= 4 is 10.0 Å². The van der Waals surface area contributed by atoms with E-state index in [0.717, 1.165) is 6.42 Å². The Morgan fingerprint density at radius 2 is 1.95 bits per heavy atom. The molecule has 0 aliphatic heterocycles. The zero-order valence-electron chi connectivity index (χ0n) is 13.0. The van der Waals surface area contributed by atoms with Gasteiger partial charge >= 0.3 is 0 Å². The van der Waals surface area contributed by atoms with Crippen LogP contribution >= 0.6 is 0 Å². The summed E-state index contributed by atoms with van der Waals surface area (Å²) in [6.07, 6.45) is 0.781. The molecule has 0 saturated carbocycles. The van der Waals surface area contributed by atoms with Gasteiger partial charge in [0.1, 0.15) is 4.90 Å². The van der Waals surface area contributed by atoms with Crippen LogP contribution in [0.4, 0.5) is 0 Å². The maximum Gasteiger partial charge on any atom is 0.246 e. The third kappa shape index (κ3) is 3.21. The first kappa shape index (κ1) is 17.1. The number of hydrogen-bond donors (Lipinski definition) is 1. The zero-order chi connectivity index (χ0) is 15.5. The molecule has 1 aromatic heterocycles. The Labute approximate surface area is 122 Å². The molecule has 0 aromatic carbocycles. The van der Waals surface area contributed by atoms with Crippen LogP contribution in [0.3, 0.4) is 0 Å². The van der Waals surface area contributed by atoms with E-state index in [1.54, 1.807) is 18.5 Å². The molecule has 0 amide bonds. The highest BCUT2D eigenvalue weighted by molar-refractivity contribution is 7.89. The van der Waals surface area contributed by atoms with E-state index in [4.69, 9.17) is 5.73 Å². The number of nitrogens with two attached hydrogens (primary N) is 1. The Morgan fingerprint density at radius 1 is 1.35 bits per heavy atom. The molecule has 0 radical (unpaired) electrons. The summed E-state index contributed by atoms with van der Waals surface area (Å²) >= 11 is 0. The summed E-state index contributed by atoms with van der Waals surface area (Å²) in [4.78, 5) is 0.338. The quantitative estimate of drug-likeness (QED) is 0.822. The van der Waals surface area contributed by atoms with E-state index in [1.807, 2.05) is 20.8 Å². The SMILES string of the molecule is CCN(C(C)C)S(=O)(=O)c1c(C)nn(CCCN)c1C. The maximum absolute atomic E-state index is 12.8. The van der Waals surface area contributed by atoms with Gasteiger partial charge in [0.05, 0.1) is 11.4 Å². The second-order valence-electron chi connectivity index (χ2n) is 5.17. The van der Waals surface area contributed by atoms with Gasteiger partial charge in [0, 0.05) is 19.1 Å². The molecule has 6 nitrogen and oxygen atoms in total. The minimum absolute atomic E-state index is 0.0730. The highest BCUT2D eigenvalue weighted by Gasteiger charge is 2.31. The molecule has 0 aliphatic carbocycles. The molecule has 1 heterocycles. The summed E-state index contributed by atoms with van der Waals surface area (Å²) in [6, 6.07) is -0.0730. The second kappa shape index (κ2) is 6.69. The van der Waals surface area contributed by atoms with E-state index in [0.29, 0.717) is 35.9 Å². The molecule has 0 bridgehead atoms. The van der Waals surface area contributed by atoms with Crippen LogP contribution in [0.2, 0.25) is 0 Å². The van der Waals surface area contributed by atoms with Crippen LogP contribution in [0.5, 0.6) is 0 Å². The van der Waals surface area contributed by atoms with Gasteiger partial charge in [-0.15, -0.1) is 0 Å². The van der Waals surface area contributed by atoms with E-state index in [1.165, 1.54) is 4.31 Å². The third-order valence-electron chi connectivity index (χ3n) is 3.34. The normalized spacial score (nSPS) is 12.6. The Morgan fingerprint density at radius 3 is 2.40 bits per heavy atom.